The number of aldehydes is 1. The second-order valence-corrected chi connectivity index (χ2v) is 6.97. The number of amides is 1. The summed E-state index contributed by atoms with van der Waals surface area (Å²) < 4.78 is 0. The fourth-order valence-corrected chi connectivity index (χ4v) is 2.82. The van der Waals surface area contributed by atoms with Crippen LogP contribution in [0.5, 0.6) is 0 Å². The molecule has 0 atom stereocenters. The van der Waals surface area contributed by atoms with Gasteiger partial charge in [0.2, 0.25) is 5.91 Å². The molecule has 0 radical (unpaired) electrons. The highest BCUT2D eigenvalue weighted by molar-refractivity contribution is 6.42. The Morgan fingerprint density at radius 3 is 2.30 bits per heavy atom. The monoisotopic (exact) mass is 440 g/mol. The van der Waals surface area contributed by atoms with Gasteiger partial charge in [-0.1, -0.05) is 71.7 Å². The van der Waals surface area contributed by atoms with Crippen molar-refractivity contribution in [2.45, 2.75) is 6.54 Å². The van der Waals surface area contributed by atoms with E-state index in [1.54, 1.807) is 12.1 Å². The number of halogens is 2. The molecule has 0 aliphatic heterocycles. The Morgan fingerprint density at radius 2 is 1.63 bits per heavy atom. The van der Waals surface area contributed by atoms with Crippen LogP contribution in [0.15, 0.2) is 84.9 Å². The second-order valence-electron chi connectivity index (χ2n) is 6.16. The molecule has 4 nitrogen and oxygen atoms in total. The first-order valence-corrected chi connectivity index (χ1v) is 9.96. The number of nitrogens with one attached hydrogen (secondary N) is 2. The van der Waals surface area contributed by atoms with Crippen molar-refractivity contribution < 1.29 is 9.59 Å². The Hall–Kier alpha value is -3.08. The number of carbonyl (C=O) groups excluding carboxylic acids is 2. The van der Waals surface area contributed by atoms with Crippen molar-refractivity contribution in [3.8, 4) is 11.1 Å². The molecule has 6 heteroatoms. The molecule has 0 saturated heterocycles. The molecule has 3 rings (SSSR count). The molecular weight excluding hydrogens is 419 g/mol. The first-order chi connectivity index (χ1) is 14.5. The Labute approximate surface area is 186 Å². The van der Waals surface area contributed by atoms with E-state index < -0.39 is 0 Å². The van der Waals surface area contributed by atoms with E-state index in [4.69, 9.17) is 23.2 Å². The summed E-state index contributed by atoms with van der Waals surface area (Å²) in [5, 5.41) is 6.84. The maximum Gasteiger partial charge on any atom is 0.244 e. The van der Waals surface area contributed by atoms with Gasteiger partial charge in [0.25, 0.3) is 0 Å². The van der Waals surface area contributed by atoms with Crippen LogP contribution < -0.4 is 10.6 Å². The van der Waals surface area contributed by atoms with Gasteiger partial charge >= 0.3 is 0 Å². The van der Waals surface area contributed by atoms with Crippen LogP contribution in [0.4, 0.5) is 5.69 Å². The van der Waals surface area contributed by atoms with Gasteiger partial charge in [0.1, 0.15) is 6.29 Å². The fraction of sp³-hybridized carbons (Fsp3) is 0.0833. The van der Waals surface area contributed by atoms with E-state index in [0.29, 0.717) is 22.9 Å². The average Bonchev–Trinajstić information content (AvgIpc) is 2.79. The number of rotatable bonds is 6. The Morgan fingerprint density at radius 1 is 0.900 bits per heavy atom. The van der Waals surface area contributed by atoms with Crippen LogP contribution in [-0.4, -0.2) is 19.2 Å². The minimum Gasteiger partial charge on any atom is -0.388 e. The maximum atomic E-state index is 11.4. The fourth-order valence-electron chi connectivity index (χ4n) is 2.52. The lowest BCUT2D eigenvalue weighted by Crippen LogP contribution is -2.20. The lowest BCUT2D eigenvalue weighted by molar-refractivity contribution is -0.117. The highest BCUT2D eigenvalue weighted by Crippen LogP contribution is 2.24. The molecule has 0 aliphatic carbocycles. The minimum absolute atomic E-state index is 0.276. The third kappa shape index (κ3) is 7.74. The molecule has 0 aromatic heterocycles. The summed E-state index contributed by atoms with van der Waals surface area (Å²) in [4.78, 5) is 21.5. The Balaban J connectivity index is 0.000000269. The predicted molar refractivity (Wildman–Crippen MR) is 125 cm³/mol. The summed E-state index contributed by atoms with van der Waals surface area (Å²) in [5.41, 5.74) is 4.23. The summed E-state index contributed by atoms with van der Waals surface area (Å²) >= 11 is 11.4. The Kier molecular flexibility index (Phi) is 9.65. The van der Waals surface area contributed by atoms with E-state index >= 15 is 0 Å². The summed E-state index contributed by atoms with van der Waals surface area (Å²) in [5.74, 6) is -0.276. The number of allylic oxidation sites excluding steroid dienone is 1. The van der Waals surface area contributed by atoms with Crippen molar-refractivity contribution >= 4 is 41.1 Å². The van der Waals surface area contributed by atoms with Gasteiger partial charge in [0.15, 0.2) is 0 Å². The minimum atomic E-state index is -0.276. The van der Waals surface area contributed by atoms with Crippen LogP contribution >= 0.6 is 23.2 Å². The maximum absolute atomic E-state index is 11.4. The van der Waals surface area contributed by atoms with Crippen LogP contribution in [0.1, 0.15) is 5.56 Å². The van der Waals surface area contributed by atoms with Crippen LogP contribution in [0, 0.1) is 0 Å². The number of anilines is 1. The smallest absolute Gasteiger partial charge is 0.244 e. The van der Waals surface area contributed by atoms with Crippen molar-refractivity contribution in [1.29, 1.82) is 0 Å². The van der Waals surface area contributed by atoms with Crippen molar-refractivity contribution in [2.75, 3.05) is 12.4 Å². The van der Waals surface area contributed by atoms with Crippen LogP contribution in [0.25, 0.3) is 11.1 Å². The first-order valence-electron chi connectivity index (χ1n) is 9.20. The summed E-state index contributed by atoms with van der Waals surface area (Å²) in [6.07, 6.45) is 2.97. The summed E-state index contributed by atoms with van der Waals surface area (Å²) in [7, 11) is 1.83. The van der Waals surface area contributed by atoms with Gasteiger partial charge in [-0.05, 0) is 47.0 Å². The molecule has 0 unspecified atom stereocenters. The number of hydrogen-bond acceptors (Lipinski definition) is 3. The SMILES string of the molecule is CNc1ccc(Cl)c(Cl)c1.O=C/C=C\C(=O)NCc1cccc(-c2ccccc2)c1. The van der Waals surface area contributed by atoms with Crippen LogP contribution in [-0.2, 0) is 16.1 Å². The molecule has 0 bridgehead atoms. The standard InChI is InChI=1S/C17H15NO2.C7H7Cl2N/c19-11-5-10-17(20)18-13-14-6-4-9-16(12-14)15-7-2-1-3-8-15;1-10-5-2-3-6(8)7(9)4-5/h1-12H,13H2,(H,18,20);2-4,10H,1H3/b10-5-;. The molecule has 1 amide bonds. The molecule has 30 heavy (non-hydrogen) atoms. The van der Waals surface area contributed by atoms with Crippen molar-refractivity contribution in [2.24, 2.45) is 0 Å². The number of hydrogen-bond donors (Lipinski definition) is 2. The van der Waals surface area contributed by atoms with Crippen molar-refractivity contribution in [3.05, 3.63) is 101 Å². The topological polar surface area (TPSA) is 58.2 Å². The highest BCUT2D eigenvalue weighted by Gasteiger charge is 2.00. The summed E-state index contributed by atoms with van der Waals surface area (Å²) in [6, 6.07) is 23.5. The lowest BCUT2D eigenvalue weighted by Gasteiger charge is -2.06. The van der Waals surface area contributed by atoms with Crippen molar-refractivity contribution in [1.82, 2.24) is 5.32 Å². The molecule has 0 fully saturated rings. The normalized spacial score (nSPS) is 10.1. The van der Waals surface area contributed by atoms with Gasteiger partial charge < -0.3 is 10.6 Å². The van der Waals surface area contributed by atoms with E-state index in [1.807, 2.05) is 67.7 Å². The zero-order chi connectivity index (χ0) is 21.8. The number of benzene rings is 3. The van der Waals surface area contributed by atoms with E-state index in [2.05, 4.69) is 10.6 Å². The second kappa shape index (κ2) is 12.5. The molecule has 0 saturated carbocycles. The van der Waals surface area contributed by atoms with E-state index in [9.17, 15) is 9.59 Å². The van der Waals surface area contributed by atoms with Gasteiger partial charge in [-0.15, -0.1) is 0 Å². The average molecular weight is 441 g/mol. The highest BCUT2D eigenvalue weighted by atomic mass is 35.5. The molecule has 154 valence electrons. The zero-order valence-electron chi connectivity index (χ0n) is 16.4. The van der Waals surface area contributed by atoms with Crippen LogP contribution in [0.2, 0.25) is 10.0 Å². The molecular formula is C24H22Cl2N2O2. The van der Waals surface area contributed by atoms with E-state index in [1.165, 1.54) is 12.2 Å². The number of carbonyl (C=O) groups is 2. The predicted octanol–water partition coefficient (Wildman–Crippen LogP) is 5.76. The van der Waals surface area contributed by atoms with Crippen LogP contribution in [0.3, 0.4) is 0 Å². The third-order valence-corrected chi connectivity index (χ3v) is 4.77. The molecule has 3 aromatic carbocycles. The quantitative estimate of drug-likeness (QED) is 0.378. The summed E-state index contributed by atoms with van der Waals surface area (Å²) in [6.45, 7) is 0.433. The third-order valence-electron chi connectivity index (χ3n) is 4.04. The molecule has 0 heterocycles. The molecule has 0 aliphatic rings. The molecule has 2 N–H and O–H groups in total. The van der Waals surface area contributed by atoms with Gasteiger partial charge in [-0.25, -0.2) is 0 Å². The largest absolute Gasteiger partial charge is 0.388 e. The van der Waals surface area contributed by atoms with Gasteiger partial charge in [0.05, 0.1) is 10.0 Å². The molecule has 3 aromatic rings. The van der Waals surface area contributed by atoms with Gasteiger partial charge in [-0.2, -0.15) is 0 Å². The first kappa shape index (κ1) is 23.2. The van der Waals surface area contributed by atoms with Crippen molar-refractivity contribution in [3.63, 3.8) is 0 Å². The van der Waals surface area contributed by atoms with E-state index in [-0.39, 0.29) is 5.91 Å². The molecule has 0 spiro atoms. The lowest BCUT2D eigenvalue weighted by atomic mass is 10.0. The van der Waals surface area contributed by atoms with Gasteiger partial charge in [0, 0.05) is 25.4 Å². The van der Waals surface area contributed by atoms with E-state index in [0.717, 1.165) is 22.4 Å². The Bertz CT molecular complexity index is 1010. The van der Waals surface area contributed by atoms with Gasteiger partial charge in [-0.3, -0.25) is 9.59 Å². The zero-order valence-corrected chi connectivity index (χ0v) is 18.0.